The van der Waals surface area contributed by atoms with Gasteiger partial charge in [-0.25, -0.2) is 0 Å². The fraction of sp³-hybridized carbons (Fsp3) is 0.692. The first-order valence-corrected chi connectivity index (χ1v) is 8.12. The van der Waals surface area contributed by atoms with Crippen LogP contribution in [0.5, 0.6) is 0 Å². The smallest absolute Gasteiger partial charge is 0.277 e. The van der Waals surface area contributed by atoms with Gasteiger partial charge in [0.05, 0.1) is 18.3 Å². The molecule has 0 saturated heterocycles. The molecule has 1 rings (SSSR count). The Kier molecular flexibility index (Phi) is 7.89. The highest BCUT2D eigenvalue weighted by atomic mass is 32.2. The van der Waals surface area contributed by atoms with Crippen molar-refractivity contribution in [3.63, 3.8) is 0 Å². The van der Waals surface area contributed by atoms with Crippen LogP contribution in [0, 0.1) is 0 Å². The maximum atomic E-state index is 11.6. The lowest BCUT2D eigenvalue weighted by Gasteiger charge is -2.18. The Hall–Kier alpha value is -1.61. The van der Waals surface area contributed by atoms with Gasteiger partial charge < -0.3 is 15.1 Å². The predicted octanol–water partition coefficient (Wildman–Crippen LogP) is 0.427. The number of carbonyl (C=O) groups excluding carboxylic acids is 2. The second-order valence-corrected chi connectivity index (χ2v) is 5.74. The molecule has 0 fully saturated rings. The van der Waals surface area contributed by atoms with Crippen LogP contribution in [0.4, 0.5) is 0 Å². The van der Waals surface area contributed by atoms with E-state index in [1.54, 1.807) is 0 Å². The number of nitrogens with one attached hydrogen (secondary N) is 2. The molecule has 0 unspecified atom stereocenters. The largest absolute Gasteiger partial charge is 0.414 e. The summed E-state index contributed by atoms with van der Waals surface area (Å²) in [4.78, 5) is 24.8. The first kappa shape index (κ1) is 18.4. The van der Waals surface area contributed by atoms with Gasteiger partial charge in [-0.2, -0.15) is 0 Å². The molecule has 0 radical (unpaired) electrons. The standard InChI is InChI=1S/C13H23N5O3S/c1-5-9(18(3)4)12-16-17-13(21-12)22-8-11(20)15-7-10(19)14-6-2/h9H,5-8H2,1-4H3,(H,14,19)(H,15,20)/t9-/m0/s1. The SMILES string of the molecule is CCNC(=O)CNC(=O)CSc1nnc([C@H](CC)N(C)C)o1. The topological polar surface area (TPSA) is 100 Å². The minimum absolute atomic E-state index is 0.0269. The van der Waals surface area contributed by atoms with Gasteiger partial charge in [-0.15, -0.1) is 10.2 Å². The molecule has 0 spiro atoms. The number of nitrogens with zero attached hydrogens (tertiary/aromatic N) is 3. The summed E-state index contributed by atoms with van der Waals surface area (Å²) in [5.41, 5.74) is 0. The lowest BCUT2D eigenvalue weighted by Crippen LogP contribution is -2.37. The van der Waals surface area contributed by atoms with Crippen molar-refractivity contribution in [2.75, 3.05) is 32.9 Å². The number of likely N-dealkylation sites (N-methyl/N-ethyl adjacent to an activating group) is 1. The number of hydrogen-bond acceptors (Lipinski definition) is 7. The van der Waals surface area contributed by atoms with Crippen molar-refractivity contribution in [2.45, 2.75) is 31.5 Å². The van der Waals surface area contributed by atoms with Crippen molar-refractivity contribution in [1.29, 1.82) is 0 Å². The zero-order chi connectivity index (χ0) is 16.5. The third-order valence-corrected chi connectivity index (χ3v) is 3.68. The lowest BCUT2D eigenvalue weighted by molar-refractivity contribution is -0.124. The van der Waals surface area contributed by atoms with Crippen LogP contribution in [0.15, 0.2) is 9.64 Å². The molecule has 124 valence electrons. The monoisotopic (exact) mass is 329 g/mol. The summed E-state index contributed by atoms with van der Waals surface area (Å²) in [6.45, 7) is 4.37. The molecule has 2 N–H and O–H groups in total. The van der Waals surface area contributed by atoms with Crippen LogP contribution >= 0.6 is 11.8 Å². The van der Waals surface area contributed by atoms with Gasteiger partial charge in [0.25, 0.3) is 5.22 Å². The van der Waals surface area contributed by atoms with Crippen LogP contribution in [0.2, 0.25) is 0 Å². The number of thioether (sulfide) groups is 1. The molecular formula is C13H23N5O3S. The summed E-state index contributed by atoms with van der Waals surface area (Å²) in [5, 5.41) is 13.4. The Morgan fingerprint density at radius 3 is 2.55 bits per heavy atom. The molecule has 2 amide bonds. The molecule has 22 heavy (non-hydrogen) atoms. The van der Waals surface area contributed by atoms with Crippen molar-refractivity contribution >= 4 is 23.6 Å². The van der Waals surface area contributed by atoms with E-state index in [1.807, 2.05) is 32.8 Å². The molecule has 0 aliphatic heterocycles. The average Bonchev–Trinajstić information content (AvgIpc) is 2.92. The molecule has 1 aromatic rings. The third-order valence-electron chi connectivity index (χ3n) is 2.86. The van der Waals surface area contributed by atoms with Crippen LogP contribution in [0.1, 0.15) is 32.2 Å². The van der Waals surface area contributed by atoms with E-state index in [-0.39, 0.29) is 30.2 Å². The number of hydrogen-bond donors (Lipinski definition) is 2. The van der Waals surface area contributed by atoms with Crippen molar-refractivity contribution < 1.29 is 14.0 Å². The Morgan fingerprint density at radius 1 is 1.23 bits per heavy atom. The fourth-order valence-electron chi connectivity index (χ4n) is 1.79. The highest BCUT2D eigenvalue weighted by Gasteiger charge is 2.19. The summed E-state index contributed by atoms with van der Waals surface area (Å²) in [6.07, 6.45) is 0.853. The van der Waals surface area contributed by atoms with Crippen LogP contribution < -0.4 is 10.6 Å². The van der Waals surface area contributed by atoms with E-state index in [9.17, 15) is 9.59 Å². The first-order chi connectivity index (χ1) is 10.5. The van der Waals surface area contributed by atoms with E-state index in [2.05, 4.69) is 20.8 Å². The van der Waals surface area contributed by atoms with Crippen LogP contribution in [-0.4, -0.2) is 59.8 Å². The highest BCUT2D eigenvalue weighted by molar-refractivity contribution is 7.99. The summed E-state index contributed by atoms with van der Waals surface area (Å²) >= 11 is 1.15. The molecular weight excluding hydrogens is 306 g/mol. The molecule has 0 aromatic carbocycles. The van der Waals surface area contributed by atoms with Gasteiger partial charge in [0.2, 0.25) is 17.7 Å². The van der Waals surface area contributed by atoms with Crippen LogP contribution in [-0.2, 0) is 9.59 Å². The molecule has 1 aromatic heterocycles. The van der Waals surface area contributed by atoms with Crippen molar-refractivity contribution in [3.8, 4) is 0 Å². The Balaban J connectivity index is 2.40. The van der Waals surface area contributed by atoms with Gasteiger partial charge in [-0.3, -0.25) is 14.5 Å². The normalized spacial score (nSPS) is 12.2. The molecule has 0 aliphatic carbocycles. The number of carbonyl (C=O) groups is 2. The van der Waals surface area contributed by atoms with E-state index < -0.39 is 0 Å². The Labute approximate surface area is 134 Å². The quantitative estimate of drug-likeness (QED) is 0.634. The molecule has 0 aliphatic rings. The Morgan fingerprint density at radius 2 is 1.95 bits per heavy atom. The highest BCUT2D eigenvalue weighted by Crippen LogP contribution is 2.23. The molecule has 1 heterocycles. The summed E-state index contributed by atoms with van der Waals surface area (Å²) in [7, 11) is 3.89. The molecule has 1 atom stereocenters. The van der Waals surface area contributed by atoms with E-state index >= 15 is 0 Å². The predicted molar refractivity (Wildman–Crippen MR) is 83.4 cm³/mol. The van der Waals surface area contributed by atoms with Crippen LogP contribution in [0.3, 0.4) is 0 Å². The summed E-state index contributed by atoms with van der Waals surface area (Å²) < 4.78 is 5.55. The molecule has 9 heteroatoms. The number of rotatable bonds is 9. The fourth-order valence-corrected chi connectivity index (χ4v) is 2.39. The van der Waals surface area contributed by atoms with Gasteiger partial charge in [-0.1, -0.05) is 18.7 Å². The maximum Gasteiger partial charge on any atom is 0.277 e. The van der Waals surface area contributed by atoms with Gasteiger partial charge >= 0.3 is 0 Å². The van der Waals surface area contributed by atoms with Gasteiger partial charge in [-0.05, 0) is 27.4 Å². The van der Waals surface area contributed by atoms with Gasteiger partial charge in [0, 0.05) is 6.54 Å². The zero-order valence-corrected chi connectivity index (χ0v) is 14.2. The minimum Gasteiger partial charge on any atom is -0.414 e. The maximum absolute atomic E-state index is 11.6. The molecule has 0 bridgehead atoms. The zero-order valence-electron chi connectivity index (χ0n) is 13.4. The van der Waals surface area contributed by atoms with Gasteiger partial charge in [0.1, 0.15) is 0 Å². The minimum atomic E-state index is -0.254. The number of amides is 2. The third kappa shape index (κ3) is 6.02. The van der Waals surface area contributed by atoms with Crippen molar-refractivity contribution in [2.24, 2.45) is 0 Å². The first-order valence-electron chi connectivity index (χ1n) is 7.13. The van der Waals surface area contributed by atoms with Gasteiger partial charge in [0.15, 0.2) is 0 Å². The number of aromatic nitrogens is 2. The molecule has 0 saturated carbocycles. The van der Waals surface area contributed by atoms with E-state index in [1.165, 1.54) is 0 Å². The van der Waals surface area contributed by atoms with Crippen molar-refractivity contribution in [3.05, 3.63) is 5.89 Å². The lowest BCUT2D eigenvalue weighted by atomic mass is 10.2. The van der Waals surface area contributed by atoms with Crippen molar-refractivity contribution in [1.82, 2.24) is 25.7 Å². The second-order valence-electron chi connectivity index (χ2n) is 4.81. The average molecular weight is 329 g/mol. The van der Waals surface area contributed by atoms with E-state index in [0.29, 0.717) is 17.7 Å². The Bertz CT molecular complexity index is 492. The summed E-state index contributed by atoms with van der Waals surface area (Å²) in [5.74, 6) is 0.200. The van der Waals surface area contributed by atoms with Crippen LogP contribution in [0.25, 0.3) is 0 Å². The summed E-state index contributed by atoms with van der Waals surface area (Å²) in [6, 6.07) is 0.0633. The van der Waals surface area contributed by atoms with E-state index in [4.69, 9.17) is 4.42 Å². The second kappa shape index (κ2) is 9.42. The van der Waals surface area contributed by atoms with E-state index in [0.717, 1.165) is 18.2 Å². The molecule has 8 nitrogen and oxygen atoms in total.